The smallest absolute Gasteiger partial charge is 0.102 e. The van der Waals surface area contributed by atoms with Crippen LogP contribution in [-0.4, -0.2) is 31.7 Å². The Labute approximate surface area is 99.3 Å². The zero-order valence-corrected chi connectivity index (χ0v) is 11.0. The van der Waals surface area contributed by atoms with Gasteiger partial charge >= 0.3 is 0 Å². The van der Waals surface area contributed by atoms with Gasteiger partial charge in [-0.3, -0.25) is 4.90 Å². The van der Waals surface area contributed by atoms with E-state index in [9.17, 15) is 4.39 Å². The standard InChI is InChI=1S/C14H24FN/c1-6-14(11-16(5)10-9-15)8-7-13(4)12(2)3/h6-8,12H,1,9-11H2,2-5H3/b13-7+,14-8+. The van der Waals surface area contributed by atoms with Gasteiger partial charge in [-0.25, -0.2) is 4.39 Å². The van der Waals surface area contributed by atoms with Gasteiger partial charge < -0.3 is 0 Å². The highest BCUT2D eigenvalue weighted by Crippen LogP contribution is 2.09. The summed E-state index contributed by atoms with van der Waals surface area (Å²) in [5.74, 6) is 0.561. The summed E-state index contributed by atoms with van der Waals surface area (Å²) in [6, 6.07) is 0. The summed E-state index contributed by atoms with van der Waals surface area (Å²) < 4.78 is 12.1. The monoisotopic (exact) mass is 225 g/mol. The Morgan fingerprint density at radius 2 is 2.00 bits per heavy atom. The molecule has 0 amide bonds. The largest absolute Gasteiger partial charge is 0.300 e. The molecule has 0 N–H and O–H groups in total. The molecule has 0 aromatic carbocycles. The number of rotatable bonds is 7. The summed E-state index contributed by atoms with van der Waals surface area (Å²) >= 11 is 0. The summed E-state index contributed by atoms with van der Waals surface area (Å²) in [5.41, 5.74) is 2.46. The first-order chi connectivity index (χ1) is 7.51. The summed E-state index contributed by atoms with van der Waals surface area (Å²) in [6.45, 7) is 11.1. The molecule has 0 fully saturated rings. The first-order valence-electron chi connectivity index (χ1n) is 5.75. The predicted molar refractivity (Wildman–Crippen MR) is 70.3 cm³/mol. The second-order valence-corrected chi connectivity index (χ2v) is 4.44. The molecule has 0 radical (unpaired) electrons. The van der Waals surface area contributed by atoms with Crippen molar-refractivity contribution in [2.24, 2.45) is 5.92 Å². The van der Waals surface area contributed by atoms with E-state index in [1.54, 1.807) is 0 Å². The number of alkyl halides is 1. The molecule has 0 bridgehead atoms. The normalized spacial score (nSPS) is 13.7. The average Bonchev–Trinajstić information content (AvgIpc) is 2.23. The van der Waals surface area contributed by atoms with Crippen LogP contribution in [0.15, 0.2) is 36.0 Å². The molecule has 0 aliphatic heterocycles. The molecule has 16 heavy (non-hydrogen) atoms. The Kier molecular flexibility index (Phi) is 7.82. The Bertz CT molecular complexity index is 264. The highest BCUT2D eigenvalue weighted by molar-refractivity contribution is 5.25. The lowest BCUT2D eigenvalue weighted by Crippen LogP contribution is -2.22. The molecule has 1 nitrogen and oxygen atoms in total. The maximum atomic E-state index is 12.1. The van der Waals surface area contributed by atoms with E-state index in [-0.39, 0.29) is 6.67 Å². The summed E-state index contributed by atoms with van der Waals surface area (Å²) in [6.07, 6.45) is 6.01. The van der Waals surface area contributed by atoms with Gasteiger partial charge in [0.15, 0.2) is 0 Å². The zero-order valence-electron chi connectivity index (χ0n) is 11.0. The van der Waals surface area contributed by atoms with Crippen molar-refractivity contribution >= 4 is 0 Å². The molecule has 0 heterocycles. The van der Waals surface area contributed by atoms with Crippen molar-refractivity contribution in [3.8, 4) is 0 Å². The molecule has 0 spiro atoms. The minimum Gasteiger partial charge on any atom is -0.300 e. The molecule has 0 aromatic heterocycles. The van der Waals surface area contributed by atoms with Gasteiger partial charge in [0.2, 0.25) is 0 Å². The van der Waals surface area contributed by atoms with E-state index in [4.69, 9.17) is 0 Å². The molecular weight excluding hydrogens is 201 g/mol. The van der Waals surface area contributed by atoms with Crippen molar-refractivity contribution < 1.29 is 4.39 Å². The van der Waals surface area contributed by atoms with Gasteiger partial charge in [0.05, 0.1) is 0 Å². The lowest BCUT2D eigenvalue weighted by Gasteiger charge is -2.14. The second-order valence-electron chi connectivity index (χ2n) is 4.44. The third kappa shape index (κ3) is 6.57. The lowest BCUT2D eigenvalue weighted by molar-refractivity contribution is 0.316. The van der Waals surface area contributed by atoms with Gasteiger partial charge in [-0.15, -0.1) is 0 Å². The Morgan fingerprint density at radius 1 is 1.38 bits per heavy atom. The number of hydrogen-bond donors (Lipinski definition) is 0. The molecule has 0 unspecified atom stereocenters. The fraction of sp³-hybridized carbons (Fsp3) is 0.571. The van der Waals surface area contributed by atoms with Gasteiger partial charge in [-0.2, -0.15) is 0 Å². The van der Waals surface area contributed by atoms with Gasteiger partial charge in [0.1, 0.15) is 6.67 Å². The van der Waals surface area contributed by atoms with Gasteiger partial charge in [0, 0.05) is 13.1 Å². The quantitative estimate of drug-likeness (QED) is 0.598. The van der Waals surface area contributed by atoms with Crippen molar-refractivity contribution in [1.82, 2.24) is 4.90 Å². The Morgan fingerprint density at radius 3 is 2.44 bits per heavy atom. The summed E-state index contributed by atoms with van der Waals surface area (Å²) in [4.78, 5) is 1.95. The fourth-order valence-electron chi connectivity index (χ4n) is 1.15. The van der Waals surface area contributed by atoms with Gasteiger partial charge in [0.25, 0.3) is 0 Å². The molecule has 0 saturated heterocycles. The van der Waals surface area contributed by atoms with E-state index in [1.165, 1.54) is 5.57 Å². The number of allylic oxidation sites excluding steroid dienone is 3. The zero-order chi connectivity index (χ0) is 12.6. The van der Waals surface area contributed by atoms with Crippen LogP contribution in [0.1, 0.15) is 20.8 Å². The van der Waals surface area contributed by atoms with Crippen LogP contribution in [0.2, 0.25) is 0 Å². The number of hydrogen-bond acceptors (Lipinski definition) is 1. The van der Waals surface area contributed by atoms with E-state index in [1.807, 2.05) is 18.0 Å². The van der Waals surface area contributed by atoms with Crippen molar-refractivity contribution in [2.45, 2.75) is 20.8 Å². The Hall–Kier alpha value is -0.890. The van der Waals surface area contributed by atoms with E-state index in [0.29, 0.717) is 12.5 Å². The van der Waals surface area contributed by atoms with Crippen molar-refractivity contribution in [1.29, 1.82) is 0 Å². The molecular formula is C14H24FN. The van der Waals surface area contributed by atoms with Crippen LogP contribution in [0.3, 0.4) is 0 Å². The van der Waals surface area contributed by atoms with Crippen molar-refractivity contribution in [3.05, 3.63) is 36.0 Å². The topological polar surface area (TPSA) is 3.24 Å². The van der Waals surface area contributed by atoms with Crippen LogP contribution in [-0.2, 0) is 0 Å². The fourth-order valence-corrected chi connectivity index (χ4v) is 1.15. The predicted octanol–water partition coefficient (Wildman–Crippen LogP) is 3.60. The van der Waals surface area contributed by atoms with Gasteiger partial charge in [-0.05, 0) is 25.5 Å². The third-order valence-electron chi connectivity index (χ3n) is 2.65. The number of nitrogens with zero attached hydrogens (tertiary/aromatic N) is 1. The second kappa shape index (κ2) is 8.28. The SMILES string of the molecule is C=C/C(=C\C=C(/C)C(C)C)CN(C)CCF. The number of halogens is 1. The maximum Gasteiger partial charge on any atom is 0.102 e. The molecule has 2 heteroatoms. The summed E-state index contributed by atoms with van der Waals surface area (Å²) in [5, 5.41) is 0. The van der Waals surface area contributed by atoms with Crippen LogP contribution in [0.4, 0.5) is 4.39 Å². The minimum absolute atomic E-state index is 0.304. The van der Waals surface area contributed by atoms with Crippen LogP contribution in [0.25, 0.3) is 0 Å². The first-order valence-corrected chi connectivity index (χ1v) is 5.75. The minimum atomic E-state index is -0.304. The molecule has 0 rings (SSSR count). The van der Waals surface area contributed by atoms with Crippen LogP contribution in [0.5, 0.6) is 0 Å². The van der Waals surface area contributed by atoms with E-state index in [2.05, 4.69) is 39.5 Å². The van der Waals surface area contributed by atoms with Crippen molar-refractivity contribution in [3.63, 3.8) is 0 Å². The van der Waals surface area contributed by atoms with Gasteiger partial charge in [-0.1, -0.05) is 44.2 Å². The first kappa shape index (κ1) is 15.1. The summed E-state index contributed by atoms with van der Waals surface area (Å²) in [7, 11) is 1.91. The van der Waals surface area contributed by atoms with E-state index < -0.39 is 0 Å². The molecule has 0 atom stereocenters. The molecule has 0 aliphatic carbocycles. The molecule has 0 aromatic rings. The van der Waals surface area contributed by atoms with E-state index in [0.717, 1.165) is 12.1 Å². The maximum absolute atomic E-state index is 12.1. The lowest BCUT2D eigenvalue weighted by atomic mass is 10.0. The Balaban J connectivity index is 4.43. The van der Waals surface area contributed by atoms with E-state index >= 15 is 0 Å². The van der Waals surface area contributed by atoms with Crippen LogP contribution < -0.4 is 0 Å². The highest BCUT2D eigenvalue weighted by atomic mass is 19.1. The molecule has 0 saturated carbocycles. The number of likely N-dealkylation sites (N-methyl/N-ethyl adjacent to an activating group) is 1. The highest BCUT2D eigenvalue weighted by Gasteiger charge is 1.99. The third-order valence-corrected chi connectivity index (χ3v) is 2.65. The van der Waals surface area contributed by atoms with Crippen molar-refractivity contribution in [2.75, 3.05) is 26.8 Å². The van der Waals surface area contributed by atoms with Crippen LogP contribution >= 0.6 is 0 Å². The molecule has 0 aliphatic rings. The molecule has 92 valence electrons. The average molecular weight is 225 g/mol. The van der Waals surface area contributed by atoms with Crippen LogP contribution in [0, 0.1) is 5.92 Å².